The van der Waals surface area contributed by atoms with Crippen LogP contribution in [0, 0.1) is 0 Å². The van der Waals surface area contributed by atoms with Crippen molar-refractivity contribution in [2.45, 2.75) is 13.8 Å². The summed E-state index contributed by atoms with van der Waals surface area (Å²) in [6.45, 7) is 6.39. The summed E-state index contributed by atoms with van der Waals surface area (Å²) < 4.78 is 0. The first-order valence-corrected chi connectivity index (χ1v) is 2.78. The molecule has 0 aromatic rings. The molecule has 0 amide bonds. The van der Waals surface area contributed by atoms with Gasteiger partial charge in [0.1, 0.15) is 0 Å². The quantitative estimate of drug-likeness (QED) is 0.533. The molecule has 1 N–H and O–H groups in total. The SMILES string of the molecule is CCNCC.[B]Cl. The molecule has 0 aliphatic heterocycles. The molecule has 0 bridgehead atoms. The fraction of sp³-hybridized carbons (Fsp3) is 1.00. The Labute approximate surface area is 51.8 Å². The van der Waals surface area contributed by atoms with Crippen molar-refractivity contribution in [1.29, 1.82) is 0 Å². The molecule has 1 nitrogen and oxygen atoms in total. The molecule has 0 atom stereocenters. The van der Waals surface area contributed by atoms with Crippen LogP contribution in [0.15, 0.2) is 0 Å². The second-order valence-corrected chi connectivity index (χ2v) is 0.957. The van der Waals surface area contributed by atoms with E-state index in [4.69, 9.17) is 0 Å². The first-order chi connectivity index (χ1) is 3.41. The molecular formula is C4H11BClN. The van der Waals surface area contributed by atoms with Crippen molar-refractivity contribution >= 4 is 18.7 Å². The van der Waals surface area contributed by atoms with E-state index < -0.39 is 0 Å². The van der Waals surface area contributed by atoms with Crippen LogP contribution in [-0.4, -0.2) is 20.4 Å². The summed E-state index contributed by atoms with van der Waals surface area (Å²) >= 11 is 4.14. The Morgan fingerprint density at radius 2 is 1.57 bits per heavy atom. The van der Waals surface area contributed by atoms with E-state index in [2.05, 4.69) is 37.9 Å². The maximum absolute atomic E-state index is 4.14. The van der Waals surface area contributed by atoms with Crippen molar-refractivity contribution in [3.05, 3.63) is 0 Å². The molecule has 3 heteroatoms. The Bertz CT molecular complexity index is 19.2. The third-order valence-corrected chi connectivity index (χ3v) is 0.500. The largest absolute Gasteiger partial charge is 0.317 e. The van der Waals surface area contributed by atoms with Crippen molar-refractivity contribution < 1.29 is 0 Å². The number of halogens is 1. The number of hydrogen-bond donors (Lipinski definition) is 1. The molecule has 42 valence electrons. The lowest BCUT2D eigenvalue weighted by Crippen LogP contribution is -2.09. The highest BCUT2D eigenvalue weighted by Gasteiger charge is 1.62. The van der Waals surface area contributed by atoms with Crippen LogP contribution in [0.3, 0.4) is 0 Å². The third kappa shape index (κ3) is 21.9. The van der Waals surface area contributed by atoms with E-state index in [0.717, 1.165) is 13.1 Å². The Morgan fingerprint density at radius 1 is 1.29 bits per heavy atom. The predicted molar refractivity (Wildman–Crippen MR) is 35.8 cm³/mol. The van der Waals surface area contributed by atoms with Gasteiger partial charge in [0.2, 0.25) is 7.26 Å². The lowest BCUT2D eigenvalue weighted by molar-refractivity contribution is 0.762. The van der Waals surface area contributed by atoms with E-state index in [0.29, 0.717) is 0 Å². The van der Waals surface area contributed by atoms with Gasteiger partial charge in [0, 0.05) is 0 Å². The normalized spacial score (nSPS) is 6.71. The third-order valence-electron chi connectivity index (χ3n) is 0.500. The number of nitrogens with one attached hydrogen (secondary N) is 1. The second-order valence-electron chi connectivity index (χ2n) is 0.957. The van der Waals surface area contributed by atoms with Gasteiger partial charge in [-0.25, -0.2) is 11.5 Å². The molecule has 0 saturated heterocycles. The van der Waals surface area contributed by atoms with Gasteiger partial charge in [-0.2, -0.15) is 0 Å². The van der Waals surface area contributed by atoms with E-state index in [1.54, 1.807) is 0 Å². The van der Waals surface area contributed by atoms with E-state index in [-0.39, 0.29) is 0 Å². The molecule has 0 aliphatic carbocycles. The first-order valence-electron chi connectivity index (χ1n) is 2.34. The summed E-state index contributed by atoms with van der Waals surface area (Å²) in [6.07, 6.45) is 0. The van der Waals surface area contributed by atoms with Gasteiger partial charge in [0.25, 0.3) is 0 Å². The molecule has 0 aromatic heterocycles. The van der Waals surface area contributed by atoms with Crippen LogP contribution in [0.25, 0.3) is 0 Å². The van der Waals surface area contributed by atoms with Crippen molar-refractivity contribution in [3.63, 3.8) is 0 Å². The minimum atomic E-state index is 1.09. The molecule has 0 spiro atoms. The van der Waals surface area contributed by atoms with Gasteiger partial charge in [-0.1, -0.05) is 13.8 Å². The van der Waals surface area contributed by atoms with Crippen LogP contribution in [-0.2, 0) is 0 Å². The van der Waals surface area contributed by atoms with Gasteiger partial charge in [-0.05, 0) is 13.1 Å². The highest BCUT2D eigenvalue weighted by Crippen LogP contribution is 1.47. The summed E-state index contributed by atoms with van der Waals surface area (Å²) in [5, 5.41) is 3.11. The van der Waals surface area contributed by atoms with Gasteiger partial charge in [-0.3, -0.25) is 0 Å². The van der Waals surface area contributed by atoms with Crippen molar-refractivity contribution in [2.24, 2.45) is 0 Å². The smallest absolute Gasteiger partial charge is 0.214 e. The standard InChI is InChI=1S/C4H11N.BCl/c1-3-5-4-2;1-2/h5H,3-4H2,1-2H3;. The van der Waals surface area contributed by atoms with Gasteiger partial charge in [-0.15, -0.1) is 0 Å². The molecule has 0 aliphatic rings. The van der Waals surface area contributed by atoms with E-state index in [1.165, 1.54) is 0 Å². The van der Waals surface area contributed by atoms with Gasteiger partial charge >= 0.3 is 0 Å². The van der Waals surface area contributed by atoms with Crippen molar-refractivity contribution in [2.75, 3.05) is 13.1 Å². The summed E-state index contributed by atoms with van der Waals surface area (Å²) in [5.74, 6) is 0. The average Bonchev–Trinajstić information content (AvgIpc) is 1.75. The lowest BCUT2D eigenvalue weighted by Gasteiger charge is -1.86. The average molecular weight is 119 g/mol. The first kappa shape index (κ1) is 10.3. The van der Waals surface area contributed by atoms with Crippen LogP contribution in [0.5, 0.6) is 0 Å². The molecule has 0 saturated carbocycles. The molecule has 0 rings (SSSR count). The Kier molecular flexibility index (Phi) is 23.9. The summed E-state index contributed by atoms with van der Waals surface area (Å²) in [4.78, 5) is 0. The van der Waals surface area contributed by atoms with Crippen LogP contribution in [0.4, 0.5) is 0 Å². The summed E-state index contributed by atoms with van der Waals surface area (Å²) in [6, 6.07) is 0. The van der Waals surface area contributed by atoms with Gasteiger partial charge < -0.3 is 5.32 Å². The Balaban J connectivity index is 0. The predicted octanol–water partition coefficient (Wildman–Crippen LogP) is 0.924. The molecule has 0 unspecified atom stereocenters. The maximum Gasteiger partial charge on any atom is 0.214 e. The van der Waals surface area contributed by atoms with Crippen LogP contribution < -0.4 is 5.32 Å². The zero-order valence-corrected chi connectivity index (χ0v) is 5.63. The lowest BCUT2D eigenvalue weighted by atomic mass is 10.7. The topological polar surface area (TPSA) is 12.0 Å². The zero-order chi connectivity index (χ0) is 6.12. The fourth-order valence-corrected chi connectivity index (χ4v) is 0.250. The summed E-state index contributed by atoms with van der Waals surface area (Å²) in [5.41, 5.74) is 0. The van der Waals surface area contributed by atoms with E-state index in [9.17, 15) is 0 Å². The monoisotopic (exact) mass is 119 g/mol. The van der Waals surface area contributed by atoms with E-state index >= 15 is 0 Å². The Hall–Kier alpha value is 0.315. The highest BCUT2D eigenvalue weighted by atomic mass is 35.5. The van der Waals surface area contributed by atoms with Crippen LogP contribution in [0.1, 0.15) is 13.8 Å². The fourth-order valence-electron chi connectivity index (χ4n) is 0.250. The zero-order valence-electron chi connectivity index (χ0n) is 4.87. The minimum Gasteiger partial charge on any atom is -0.317 e. The molecule has 0 fully saturated rings. The van der Waals surface area contributed by atoms with Gasteiger partial charge in [0.05, 0.1) is 0 Å². The minimum absolute atomic E-state index is 1.09. The van der Waals surface area contributed by atoms with Crippen LogP contribution in [0.2, 0.25) is 0 Å². The maximum atomic E-state index is 4.14. The highest BCUT2D eigenvalue weighted by molar-refractivity contribution is 6.80. The second kappa shape index (κ2) is 16.2. The van der Waals surface area contributed by atoms with Gasteiger partial charge in [0.15, 0.2) is 0 Å². The van der Waals surface area contributed by atoms with Crippen molar-refractivity contribution in [3.8, 4) is 0 Å². The molecule has 7 heavy (non-hydrogen) atoms. The molecule has 0 heterocycles. The van der Waals surface area contributed by atoms with E-state index in [1.807, 2.05) is 0 Å². The van der Waals surface area contributed by atoms with Crippen molar-refractivity contribution in [1.82, 2.24) is 5.32 Å². The molecule has 0 aromatic carbocycles. The molecule has 2 radical (unpaired) electrons. The molecular weight excluding hydrogens is 108 g/mol. The number of hydrogen-bond acceptors (Lipinski definition) is 1. The Morgan fingerprint density at radius 3 is 1.57 bits per heavy atom. The number of rotatable bonds is 2. The van der Waals surface area contributed by atoms with Crippen LogP contribution >= 0.6 is 11.5 Å². The summed E-state index contributed by atoms with van der Waals surface area (Å²) in [7, 11) is 3.97.